The third-order valence-electron chi connectivity index (χ3n) is 5.40. The number of carbonyl (C=O) groups is 1. The fourth-order valence-electron chi connectivity index (χ4n) is 3.65. The molecule has 1 aliphatic heterocycles. The van der Waals surface area contributed by atoms with Gasteiger partial charge in [-0.25, -0.2) is 18.7 Å². The van der Waals surface area contributed by atoms with E-state index in [1.54, 1.807) is 6.92 Å². The van der Waals surface area contributed by atoms with Gasteiger partial charge in [0, 0.05) is 47.9 Å². The lowest BCUT2D eigenvalue weighted by atomic mass is 9.79. The Bertz CT molecular complexity index is 984. The highest BCUT2D eigenvalue weighted by Crippen LogP contribution is 2.49. The minimum Gasteiger partial charge on any atom is -0.352 e. The molecule has 12 heteroatoms. The molecule has 1 aliphatic rings. The van der Waals surface area contributed by atoms with E-state index in [2.05, 4.69) is 15.3 Å². The van der Waals surface area contributed by atoms with Crippen LogP contribution in [0.4, 0.5) is 27.9 Å². The summed E-state index contributed by atoms with van der Waals surface area (Å²) >= 11 is 11.9. The fourth-order valence-corrected chi connectivity index (χ4v) is 4.17. The van der Waals surface area contributed by atoms with E-state index in [9.17, 15) is 26.7 Å². The van der Waals surface area contributed by atoms with E-state index in [-0.39, 0.29) is 59.0 Å². The number of nitrogens with one attached hydrogen (secondary N) is 1. The first-order chi connectivity index (χ1) is 15.0. The van der Waals surface area contributed by atoms with E-state index in [0.717, 1.165) is 6.20 Å². The van der Waals surface area contributed by atoms with Gasteiger partial charge in [0.2, 0.25) is 11.9 Å². The third-order valence-corrected chi connectivity index (χ3v) is 5.84. The fraction of sp³-hybridized carbons (Fsp3) is 0.450. The molecular weight excluding hydrogens is 478 g/mol. The third kappa shape index (κ3) is 4.91. The molecule has 1 aromatic carbocycles. The highest BCUT2D eigenvalue weighted by atomic mass is 35.5. The van der Waals surface area contributed by atoms with Gasteiger partial charge in [0.25, 0.3) is 6.43 Å². The maximum absolute atomic E-state index is 14.2. The minimum atomic E-state index is -4.66. The molecule has 0 saturated carbocycles. The lowest BCUT2D eigenvalue weighted by molar-refractivity contribution is -0.184. The van der Waals surface area contributed by atoms with Crippen LogP contribution in [-0.4, -0.2) is 35.1 Å². The number of hydrogen-bond acceptors (Lipinski definition) is 4. The molecule has 0 bridgehead atoms. The molecule has 1 fully saturated rings. The van der Waals surface area contributed by atoms with E-state index in [0.29, 0.717) is 0 Å². The summed E-state index contributed by atoms with van der Waals surface area (Å²) in [5.74, 6) is -0.589. The molecule has 1 saturated heterocycles. The molecule has 1 aromatic heterocycles. The van der Waals surface area contributed by atoms with Gasteiger partial charge in [0.05, 0.1) is 0 Å². The van der Waals surface area contributed by atoms with Crippen molar-refractivity contribution >= 4 is 35.1 Å². The first-order valence-electron chi connectivity index (χ1n) is 9.65. The predicted molar refractivity (Wildman–Crippen MR) is 110 cm³/mol. The van der Waals surface area contributed by atoms with Crippen LogP contribution in [0.5, 0.6) is 0 Å². The van der Waals surface area contributed by atoms with Crippen molar-refractivity contribution in [3.63, 3.8) is 0 Å². The summed E-state index contributed by atoms with van der Waals surface area (Å²) < 4.78 is 69.8. The van der Waals surface area contributed by atoms with E-state index < -0.39 is 30.3 Å². The van der Waals surface area contributed by atoms with Gasteiger partial charge < -0.3 is 10.2 Å². The molecule has 2 aromatic rings. The molecule has 0 aliphatic carbocycles. The van der Waals surface area contributed by atoms with Crippen molar-refractivity contribution in [2.75, 3.05) is 18.0 Å². The maximum atomic E-state index is 14.2. The number of hydrogen-bond donors (Lipinski definition) is 1. The Morgan fingerprint density at radius 3 is 2.47 bits per heavy atom. The second-order valence-corrected chi connectivity index (χ2v) is 8.29. The SMILES string of the molecule is CCC(=O)NCc1cnc(N2CCC(c3cc(Cl)cc(Cl)c3)(C(F)(F)F)C2)nc1C(F)F. The Morgan fingerprint density at radius 1 is 1.25 bits per heavy atom. The molecular formula is C20H19Cl2F5N4O. The monoisotopic (exact) mass is 496 g/mol. The highest BCUT2D eigenvalue weighted by molar-refractivity contribution is 6.34. The first kappa shape index (κ1) is 24.4. The van der Waals surface area contributed by atoms with Gasteiger partial charge in [-0.2, -0.15) is 13.2 Å². The van der Waals surface area contributed by atoms with Crippen molar-refractivity contribution in [1.82, 2.24) is 15.3 Å². The molecule has 1 N–H and O–H groups in total. The number of nitrogens with zero attached hydrogens (tertiary/aromatic N) is 3. The van der Waals surface area contributed by atoms with Crippen molar-refractivity contribution in [3.8, 4) is 0 Å². The summed E-state index contributed by atoms with van der Waals surface area (Å²) in [6.07, 6.45) is -6.74. The molecule has 32 heavy (non-hydrogen) atoms. The Morgan fingerprint density at radius 2 is 1.91 bits per heavy atom. The van der Waals surface area contributed by atoms with Crippen LogP contribution >= 0.6 is 23.2 Å². The molecule has 0 radical (unpaired) electrons. The van der Waals surface area contributed by atoms with Crippen LogP contribution in [0.2, 0.25) is 10.0 Å². The van der Waals surface area contributed by atoms with Crippen LogP contribution in [0.3, 0.4) is 0 Å². The molecule has 1 unspecified atom stereocenters. The quantitative estimate of drug-likeness (QED) is 0.539. The standard InChI is InChI=1S/C20H19Cl2F5N4O/c1-2-15(32)28-8-11-9-29-18(30-16(11)17(23)24)31-4-3-19(10-31,20(25,26)27)12-5-13(21)7-14(22)6-12/h5-7,9,17H,2-4,8,10H2,1H3,(H,28,32). The number of rotatable bonds is 6. The summed E-state index contributed by atoms with van der Waals surface area (Å²) in [6.45, 7) is 0.705. The van der Waals surface area contributed by atoms with Crippen LogP contribution in [0, 0.1) is 0 Å². The van der Waals surface area contributed by atoms with Crippen molar-refractivity contribution in [1.29, 1.82) is 0 Å². The smallest absolute Gasteiger partial charge is 0.352 e. The first-order valence-corrected chi connectivity index (χ1v) is 10.4. The van der Waals surface area contributed by atoms with Gasteiger partial charge in [0.1, 0.15) is 11.1 Å². The van der Waals surface area contributed by atoms with Crippen LogP contribution in [-0.2, 0) is 16.8 Å². The Labute approximate surface area is 190 Å². The number of aromatic nitrogens is 2. The Hall–Kier alpha value is -2.20. The van der Waals surface area contributed by atoms with E-state index in [4.69, 9.17) is 23.2 Å². The second-order valence-electron chi connectivity index (χ2n) is 7.42. The Balaban J connectivity index is 1.94. The van der Waals surface area contributed by atoms with Gasteiger partial charge in [-0.05, 0) is 30.2 Å². The van der Waals surface area contributed by atoms with Crippen molar-refractivity contribution < 1.29 is 26.7 Å². The molecule has 1 atom stereocenters. The summed E-state index contributed by atoms with van der Waals surface area (Å²) in [4.78, 5) is 20.5. The van der Waals surface area contributed by atoms with Crippen LogP contribution in [0.25, 0.3) is 0 Å². The number of carbonyl (C=O) groups excluding carboxylic acids is 1. The maximum Gasteiger partial charge on any atom is 0.400 e. The number of benzene rings is 1. The van der Waals surface area contributed by atoms with E-state index in [1.165, 1.54) is 23.1 Å². The molecule has 174 valence electrons. The summed E-state index contributed by atoms with van der Waals surface area (Å²) in [5.41, 5.74) is -3.07. The lowest BCUT2D eigenvalue weighted by Gasteiger charge is -2.32. The second kappa shape index (κ2) is 9.35. The summed E-state index contributed by atoms with van der Waals surface area (Å²) in [6, 6.07) is 3.74. The van der Waals surface area contributed by atoms with Crippen molar-refractivity contribution in [2.45, 2.75) is 44.3 Å². The zero-order chi connectivity index (χ0) is 23.7. The van der Waals surface area contributed by atoms with Gasteiger partial charge in [-0.15, -0.1) is 0 Å². The van der Waals surface area contributed by atoms with E-state index in [1.807, 2.05) is 0 Å². The molecule has 3 rings (SSSR count). The molecule has 0 spiro atoms. The topological polar surface area (TPSA) is 58.1 Å². The van der Waals surface area contributed by atoms with Gasteiger partial charge in [-0.1, -0.05) is 30.1 Å². The molecule has 1 amide bonds. The lowest BCUT2D eigenvalue weighted by Crippen LogP contribution is -2.45. The normalized spacial score (nSPS) is 19.0. The Kier molecular flexibility index (Phi) is 7.14. The van der Waals surface area contributed by atoms with Gasteiger partial charge in [0.15, 0.2) is 0 Å². The number of anilines is 1. The largest absolute Gasteiger partial charge is 0.400 e. The van der Waals surface area contributed by atoms with Crippen LogP contribution < -0.4 is 10.2 Å². The van der Waals surface area contributed by atoms with Crippen molar-refractivity contribution in [2.24, 2.45) is 0 Å². The molecule has 5 nitrogen and oxygen atoms in total. The van der Waals surface area contributed by atoms with Crippen LogP contribution in [0.15, 0.2) is 24.4 Å². The zero-order valence-electron chi connectivity index (χ0n) is 16.8. The average Bonchev–Trinajstić information content (AvgIpc) is 3.18. The van der Waals surface area contributed by atoms with Gasteiger partial charge >= 0.3 is 6.18 Å². The molecule has 2 heterocycles. The highest BCUT2D eigenvalue weighted by Gasteiger charge is 2.59. The minimum absolute atomic E-state index is 0.00606. The number of alkyl halides is 5. The zero-order valence-corrected chi connectivity index (χ0v) is 18.3. The average molecular weight is 497 g/mol. The predicted octanol–water partition coefficient (Wildman–Crippen LogP) is 5.46. The summed E-state index contributed by atoms with van der Waals surface area (Å²) in [5, 5.41) is 2.58. The number of amides is 1. The van der Waals surface area contributed by atoms with Crippen molar-refractivity contribution in [3.05, 3.63) is 51.3 Å². The van der Waals surface area contributed by atoms with Crippen LogP contribution in [0.1, 0.15) is 43.0 Å². The van der Waals surface area contributed by atoms with Gasteiger partial charge in [-0.3, -0.25) is 4.79 Å². The summed E-state index contributed by atoms with van der Waals surface area (Å²) in [7, 11) is 0. The van der Waals surface area contributed by atoms with E-state index >= 15 is 0 Å². The number of halogens is 7.